The van der Waals surface area contributed by atoms with Crippen LogP contribution < -0.4 is 5.32 Å². The molecule has 3 aromatic heterocycles. The number of rotatable bonds is 8. The van der Waals surface area contributed by atoms with Crippen molar-refractivity contribution in [1.82, 2.24) is 30.4 Å². The number of pyridine rings is 2. The van der Waals surface area contributed by atoms with Crippen molar-refractivity contribution < 1.29 is 13.6 Å². The number of nitrogens with one attached hydrogen (secondary N) is 1. The second-order valence-electron chi connectivity index (χ2n) is 11.2. The fourth-order valence-electron chi connectivity index (χ4n) is 5.23. The van der Waals surface area contributed by atoms with Gasteiger partial charge in [-0.05, 0) is 87.3 Å². The smallest absolute Gasteiger partial charge is 0.251 e. The van der Waals surface area contributed by atoms with Crippen molar-refractivity contribution in [2.45, 2.75) is 51.2 Å². The first-order chi connectivity index (χ1) is 19.1. The predicted octanol–water partition coefficient (Wildman–Crippen LogP) is 5.50. The highest BCUT2D eigenvalue weighted by atomic mass is 19.1. The molecular weight excluding hydrogens is 510 g/mol. The Hall–Kier alpha value is -3.85. The van der Waals surface area contributed by atoms with Gasteiger partial charge in [-0.25, -0.2) is 13.8 Å². The van der Waals surface area contributed by atoms with E-state index in [-0.39, 0.29) is 29.5 Å². The molecule has 0 saturated heterocycles. The number of hydrogen-bond acceptors (Lipinski definition) is 6. The summed E-state index contributed by atoms with van der Waals surface area (Å²) < 4.78 is 30.7. The number of benzene rings is 1. The summed E-state index contributed by atoms with van der Waals surface area (Å²) in [5, 5.41) is 11.3. The van der Waals surface area contributed by atoms with E-state index in [2.05, 4.69) is 25.5 Å². The van der Waals surface area contributed by atoms with Gasteiger partial charge in [0, 0.05) is 34.8 Å². The summed E-state index contributed by atoms with van der Waals surface area (Å²) in [5.41, 5.74) is 3.04. The van der Waals surface area contributed by atoms with Gasteiger partial charge in [0.25, 0.3) is 5.91 Å². The van der Waals surface area contributed by atoms with Crippen LogP contribution in [-0.4, -0.2) is 57.3 Å². The molecule has 2 atom stereocenters. The summed E-state index contributed by atoms with van der Waals surface area (Å²) in [7, 11) is 3.93. The lowest BCUT2D eigenvalue weighted by molar-refractivity contribution is 0.0821. The van der Waals surface area contributed by atoms with Gasteiger partial charge in [-0.1, -0.05) is 19.9 Å². The van der Waals surface area contributed by atoms with Crippen LogP contribution in [0.4, 0.5) is 8.78 Å². The zero-order chi connectivity index (χ0) is 28.4. The molecule has 208 valence electrons. The van der Waals surface area contributed by atoms with Crippen LogP contribution in [0.5, 0.6) is 0 Å². The van der Waals surface area contributed by atoms with Crippen molar-refractivity contribution in [1.29, 1.82) is 0 Å². The maximum absolute atomic E-state index is 15.4. The summed E-state index contributed by atoms with van der Waals surface area (Å²) in [5.74, 6) is -1.09. The van der Waals surface area contributed by atoms with Crippen molar-refractivity contribution in [3.05, 3.63) is 83.2 Å². The van der Waals surface area contributed by atoms with Gasteiger partial charge in [0.05, 0.1) is 24.1 Å². The number of amides is 1. The van der Waals surface area contributed by atoms with Crippen molar-refractivity contribution in [3.8, 4) is 11.3 Å². The molecule has 0 unspecified atom stereocenters. The standard InChI is InChI=1S/C31H34F2N6O/c1-19(2)31(33)10-7-27-24(16-31)14-22-13-23(15-25(32)29(22)37-27)30(40)38-28(9-12-39(3)4)20-5-6-26(34-17-20)21-8-11-35-36-18-21/h5-6,8,11,13-15,17-19,28H,7,9-10,12,16H2,1-4H3,(H,38,40)/t28-,31+/m1/s1. The molecule has 1 aliphatic rings. The van der Waals surface area contributed by atoms with Crippen LogP contribution in [0.15, 0.2) is 55.0 Å². The van der Waals surface area contributed by atoms with E-state index >= 15 is 8.78 Å². The SMILES string of the molecule is CC(C)[C@]1(F)CCc2nc3c(F)cc(C(=O)N[C@H](CCN(C)C)c4ccc(-c5ccnnc5)nc4)cc3cc2C1. The first kappa shape index (κ1) is 27.7. The second kappa shape index (κ2) is 11.3. The molecule has 1 aromatic carbocycles. The maximum Gasteiger partial charge on any atom is 0.251 e. The minimum absolute atomic E-state index is 0.130. The number of hydrogen-bond donors (Lipinski definition) is 1. The third-order valence-corrected chi connectivity index (χ3v) is 7.84. The Morgan fingerprint density at radius 2 is 1.95 bits per heavy atom. The van der Waals surface area contributed by atoms with Gasteiger partial charge in [-0.15, -0.1) is 0 Å². The Labute approximate surface area is 233 Å². The summed E-state index contributed by atoms with van der Waals surface area (Å²) in [6, 6.07) is 9.97. The molecule has 0 aliphatic heterocycles. The molecule has 40 heavy (non-hydrogen) atoms. The summed E-state index contributed by atoms with van der Waals surface area (Å²) in [4.78, 5) is 24.6. The van der Waals surface area contributed by atoms with Gasteiger partial charge in [-0.2, -0.15) is 10.2 Å². The fraction of sp³-hybridized carbons (Fsp3) is 0.387. The topological polar surface area (TPSA) is 83.9 Å². The van der Waals surface area contributed by atoms with Crippen LogP contribution in [0.3, 0.4) is 0 Å². The number of fused-ring (bicyclic) bond motifs is 2. The van der Waals surface area contributed by atoms with Crippen LogP contribution in [0.2, 0.25) is 0 Å². The molecule has 1 aliphatic carbocycles. The molecule has 0 bridgehead atoms. The maximum atomic E-state index is 15.4. The monoisotopic (exact) mass is 544 g/mol. The van der Waals surface area contributed by atoms with E-state index in [1.54, 1.807) is 30.7 Å². The zero-order valence-electron chi connectivity index (χ0n) is 23.3. The lowest BCUT2D eigenvalue weighted by Crippen LogP contribution is -2.36. The Morgan fingerprint density at radius 3 is 2.62 bits per heavy atom. The molecule has 0 radical (unpaired) electrons. The molecule has 3 heterocycles. The number of halogens is 2. The van der Waals surface area contributed by atoms with Crippen LogP contribution in [0.25, 0.3) is 22.2 Å². The van der Waals surface area contributed by atoms with E-state index in [4.69, 9.17) is 0 Å². The minimum Gasteiger partial charge on any atom is -0.345 e. The molecule has 7 nitrogen and oxygen atoms in total. The van der Waals surface area contributed by atoms with Crippen LogP contribution in [-0.2, 0) is 12.8 Å². The van der Waals surface area contributed by atoms with E-state index in [0.717, 1.165) is 34.6 Å². The van der Waals surface area contributed by atoms with E-state index in [0.29, 0.717) is 24.6 Å². The predicted molar refractivity (Wildman–Crippen MR) is 151 cm³/mol. The fourth-order valence-corrected chi connectivity index (χ4v) is 5.23. The van der Waals surface area contributed by atoms with Gasteiger partial charge in [0.1, 0.15) is 17.0 Å². The Balaban J connectivity index is 1.41. The third-order valence-electron chi connectivity index (χ3n) is 7.84. The summed E-state index contributed by atoms with van der Waals surface area (Å²) in [6.07, 6.45) is 6.72. The molecule has 9 heteroatoms. The Morgan fingerprint density at radius 1 is 1.12 bits per heavy atom. The van der Waals surface area contributed by atoms with Gasteiger partial charge < -0.3 is 10.2 Å². The molecule has 5 rings (SSSR count). The average molecular weight is 545 g/mol. The Kier molecular flexibility index (Phi) is 7.85. The zero-order valence-corrected chi connectivity index (χ0v) is 23.3. The van der Waals surface area contributed by atoms with Crippen LogP contribution in [0.1, 0.15) is 59.9 Å². The van der Waals surface area contributed by atoms with E-state index < -0.39 is 17.4 Å². The van der Waals surface area contributed by atoms with Crippen molar-refractivity contribution in [2.24, 2.45) is 5.92 Å². The largest absolute Gasteiger partial charge is 0.345 e. The molecule has 0 spiro atoms. The number of carbonyl (C=O) groups excluding carboxylic acids is 1. The minimum atomic E-state index is -1.31. The second-order valence-corrected chi connectivity index (χ2v) is 11.2. The van der Waals surface area contributed by atoms with Gasteiger partial charge in [0.15, 0.2) is 0 Å². The molecule has 1 amide bonds. The van der Waals surface area contributed by atoms with Gasteiger partial charge in [-0.3, -0.25) is 9.78 Å². The van der Waals surface area contributed by atoms with E-state index in [1.165, 1.54) is 6.07 Å². The normalized spacial score (nSPS) is 17.7. The molecule has 4 aromatic rings. The molecule has 0 saturated carbocycles. The summed E-state index contributed by atoms with van der Waals surface area (Å²) >= 11 is 0. The van der Waals surface area contributed by atoms with Crippen molar-refractivity contribution >= 4 is 16.8 Å². The molecule has 0 fully saturated rings. The average Bonchev–Trinajstić information content (AvgIpc) is 2.94. The first-order valence-corrected chi connectivity index (χ1v) is 13.6. The quantitative estimate of drug-likeness (QED) is 0.315. The highest BCUT2D eigenvalue weighted by molar-refractivity contribution is 5.98. The Bertz CT molecular complexity index is 1510. The number of carbonyl (C=O) groups is 1. The number of nitrogens with zero attached hydrogens (tertiary/aromatic N) is 5. The lowest BCUT2D eigenvalue weighted by atomic mass is 9.77. The van der Waals surface area contributed by atoms with E-state index in [9.17, 15) is 4.79 Å². The molecular formula is C31H34F2N6O. The van der Waals surface area contributed by atoms with Crippen LogP contribution in [0, 0.1) is 11.7 Å². The lowest BCUT2D eigenvalue weighted by Gasteiger charge is -2.34. The van der Waals surface area contributed by atoms with E-state index in [1.807, 2.05) is 51.0 Å². The number of aryl methyl sites for hydroxylation is 1. The van der Waals surface area contributed by atoms with Crippen molar-refractivity contribution in [3.63, 3.8) is 0 Å². The third kappa shape index (κ3) is 5.84. The highest BCUT2D eigenvalue weighted by Gasteiger charge is 2.38. The number of alkyl halides is 1. The van der Waals surface area contributed by atoms with Gasteiger partial charge >= 0.3 is 0 Å². The van der Waals surface area contributed by atoms with Crippen LogP contribution >= 0.6 is 0 Å². The summed E-state index contributed by atoms with van der Waals surface area (Å²) in [6.45, 7) is 4.49. The highest BCUT2D eigenvalue weighted by Crippen LogP contribution is 2.38. The van der Waals surface area contributed by atoms with Gasteiger partial charge in [0.2, 0.25) is 0 Å². The molecule has 1 N–H and O–H groups in total. The number of aromatic nitrogens is 4. The van der Waals surface area contributed by atoms with Crippen molar-refractivity contribution in [2.75, 3.05) is 20.6 Å². The first-order valence-electron chi connectivity index (χ1n) is 13.6.